The Morgan fingerprint density at radius 1 is 0.667 bits per heavy atom. The minimum Gasteiger partial charge on any atom is -0.756 e. The number of carbonyl (C=O) groups excluding carboxylic acids is 3. The van der Waals surface area contributed by atoms with E-state index >= 15 is 0 Å². The summed E-state index contributed by atoms with van der Waals surface area (Å²) in [6.45, 7) is 0. The van der Waals surface area contributed by atoms with E-state index in [1.165, 1.54) is 0 Å². The number of hydrogen-bond donors (Lipinski definition) is 5. The maximum absolute atomic E-state index is 10.6. The molecule has 0 saturated heterocycles. The Morgan fingerprint density at radius 3 is 0.708 bits per heavy atom. The molecule has 18 heteroatoms. The molecule has 5 N–H and O–H groups in total. The summed E-state index contributed by atoms with van der Waals surface area (Å²) in [6.07, 6.45) is 0. The number of halogens is 3. The van der Waals surface area contributed by atoms with Gasteiger partial charge >= 0.3 is 87.4 Å². The van der Waals surface area contributed by atoms with Crippen LogP contribution in [0.1, 0.15) is 0 Å². The van der Waals surface area contributed by atoms with Crippen LogP contribution in [-0.2, 0) is 33.3 Å². The van der Waals surface area contributed by atoms with Gasteiger partial charge in [-0.25, -0.2) is 28.8 Å². The van der Waals surface area contributed by atoms with Gasteiger partial charge in [0.2, 0.25) is 0 Å². The molecule has 0 aromatic rings. The molecule has 0 radical (unpaired) electrons. The van der Waals surface area contributed by atoms with Crippen molar-refractivity contribution in [3.8, 4) is 0 Å². The molecular weight excluding hydrogens is 407 g/mol. The first-order chi connectivity index (χ1) is 9.93. The molecule has 0 saturated carbocycles. The molecule has 0 aliphatic heterocycles. The molecule has 0 aliphatic rings. The molecule has 0 rings (SSSR count). The standard InChI is InChI=1S/3C2HFO3.K.H3O4P/c3*3-1(4)2(5)6;;1-5(2,3)4/h3*(H,5,6);;(H3,1,2,3,4)/q;;;+1;/p-1. The summed E-state index contributed by atoms with van der Waals surface area (Å²) < 4.78 is 40.5. The molecule has 0 aromatic carbocycles. The Kier molecular flexibility index (Phi) is 26.2. The van der Waals surface area contributed by atoms with E-state index in [2.05, 4.69) is 0 Å². The van der Waals surface area contributed by atoms with Gasteiger partial charge in [0.05, 0.1) is 0 Å². The second-order valence-corrected chi connectivity index (χ2v) is 3.21. The summed E-state index contributed by atoms with van der Waals surface area (Å²) in [5.41, 5.74) is 0. The van der Waals surface area contributed by atoms with Crippen molar-refractivity contribution in [2.45, 2.75) is 0 Å². The number of rotatable bonds is 3. The van der Waals surface area contributed by atoms with Crippen molar-refractivity contribution in [3.63, 3.8) is 0 Å². The van der Waals surface area contributed by atoms with E-state index < -0.39 is 43.8 Å². The van der Waals surface area contributed by atoms with Crippen molar-refractivity contribution in [2.24, 2.45) is 0 Å². The Labute approximate surface area is 170 Å². The van der Waals surface area contributed by atoms with Crippen LogP contribution >= 0.6 is 7.82 Å². The Morgan fingerprint density at radius 2 is 0.708 bits per heavy atom. The molecule has 0 bridgehead atoms. The van der Waals surface area contributed by atoms with Crippen LogP contribution in [0.3, 0.4) is 0 Å². The first kappa shape index (κ1) is 34.3. The van der Waals surface area contributed by atoms with Gasteiger partial charge in [0, 0.05) is 0 Å². The van der Waals surface area contributed by atoms with E-state index in [9.17, 15) is 13.2 Å². The van der Waals surface area contributed by atoms with Crippen LogP contribution in [0.25, 0.3) is 0 Å². The van der Waals surface area contributed by atoms with Gasteiger partial charge in [-0.05, 0) is 0 Å². The molecule has 0 unspecified atom stereocenters. The van der Waals surface area contributed by atoms with Crippen molar-refractivity contribution in [1.29, 1.82) is 0 Å². The van der Waals surface area contributed by atoms with Gasteiger partial charge in [0.25, 0.3) is 7.82 Å². The molecule has 0 spiro atoms. The van der Waals surface area contributed by atoms with E-state index in [4.69, 9.17) is 63.3 Å². The van der Waals surface area contributed by atoms with Crippen LogP contribution < -0.4 is 56.3 Å². The van der Waals surface area contributed by atoms with Gasteiger partial charge in [-0.15, -0.1) is 0 Å². The second-order valence-electron chi connectivity index (χ2n) is 2.23. The van der Waals surface area contributed by atoms with E-state index in [-0.39, 0.29) is 51.4 Å². The molecule has 0 aliphatic carbocycles. The van der Waals surface area contributed by atoms with Crippen LogP contribution in [0, 0.1) is 0 Å². The number of phosphoric acid groups is 1. The predicted molar refractivity (Wildman–Crippen MR) is 53.3 cm³/mol. The molecule has 0 amide bonds. The predicted octanol–water partition coefficient (Wildman–Crippen LogP) is -5.86. The molecule has 0 aromatic heterocycles. The van der Waals surface area contributed by atoms with Crippen molar-refractivity contribution < 1.29 is 128 Å². The van der Waals surface area contributed by atoms with Crippen molar-refractivity contribution in [2.75, 3.05) is 0 Å². The normalized spacial score (nSPS) is 8.08. The van der Waals surface area contributed by atoms with Crippen molar-refractivity contribution in [1.82, 2.24) is 0 Å². The second kappa shape index (κ2) is 18.3. The van der Waals surface area contributed by atoms with Gasteiger partial charge in [-0.3, -0.25) is 4.57 Å². The molecule has 134 valence electrons. The van der Waals surface area contributed by atoms with Crippen molar-refractivity contribution >= 4 is 43.8 Å². The Bertz CT molecular complexity index is 413. The maximum Gasteiger partial charge on any atom is 1.00 e. The molecule has 0 heterocycles. The van der Waals surface area contributed by atoms with Gasteiger partial charge in [-0.2, -0.15) is 13.2 Å². The topological polar surface area (TPSA) is 244 Å². The minimum absolute atomic E-state index is 0. The van der Waals surface area contributed by atoms with E-state index in [0.29, 0.717) is 0 Å². The van der Waals surface area contributed by atoms with Crippen molar-refractivity contribution in [3.05, 3.63) is 0 Å². The monoisotopic (exact) mass is 412 g/mol. The first-order valence-corrected chi connectivity index (χ1v) is 5.51. The third-order valence-electron chi connectivity index (χ3n) is 0.504. The van der Waals surface area contributed by atoms with Crippen LogP contribution in [0.2, 0.25) is 0 Å². The fourth-order valence-electron chi connectivity index (χ4n) is 0. The van der Waals surface area contributed by atoms with Crippen LogP contribution in [0.15, 0.2) is 0 Å². The summed E-state index contributed by atoms with van der Waals surface area (Å²) in [4.78, 5) is 76.5. The summed E-state index contributed by atoms with van der Waals surface area (Å²) >= 11 is 0. The average Bonchev–Trinajstić information content (AvgIpc) is 2.27. The summed E-state index contributed by atoms with van der Waals surface area (Å²) in [5, 5.41) is 21.8. The third kappa shape index (κ3) is 69.5. The number of hydrogen-bond acceptors (Lipinski definition) is 8. The smallest absolute Gasteiger partial charge is 0.756 e. The summed E-state index contributed by atoms with van der Waals surface area (Å²) in [7, 11) is -4.89. The number of carboxylic acids is 3. The molecule has 0 fully saturated rings. The maximum atomic E-state index is 10.6. The van der Waals surface area contributed by atoms with E-state index in [1.807, 2.05) is 0 Å². The summed E-state index contributed by atoms with van der Waals surface area (Å²) in [6, 6.07) is -6.97. The number of aliphatic carboxylic acids is 3. The SMILES string of the molecule is O=C(O)C(=O)F.O=C(O)C(=O)F.O=C(O)C(=O)F.O=P([O-])(O)O.[K+]. The number of carboxylic acid groups (broad SMARTS) is 3. The summed E-state index contributed by atoms with van der Waals surface area (Å²) in [5.74, 6) is -6.14. The van der Waals surface area contributed by atoms with Gasteiger partial charge in [-0.1, -0.05) is 0 Å². The van der Waals surface area contributed by atoms with Gasteiger partial charge in [0.1, 0.15) is 0 Å². The van der Waals surface area contributed by atoms with Crippen LogP contribution in [0.4, 0.5) is 13.2 Å². The number of carbonyl (C=O) groups is 6. The van der Waals surface area contributed by atoms with Crippen LogP contribution in [0.5, 0.6) is 0 Å². The Balaban J connectivity index is -0.0000000661. The first-order valence-electron chi connectivity index (χ1n) is 3.98. The van der Waals surface area contributed by atoms with Gasteiger partial charge in [0.15, 0.2) is 0 Å². The molecule has 24 heavy (non-hydrogen) atoms. The average molecular weight is 412 g/mol. The largest absolute Gasteiger partial charge is 1.00 e. The molecule has 0 atom stereocenters. The van der Waals surface area contributed by atoms with E-state index in [0.717, 1.165) is 0 Å². The zero-order valence-corrected chi connectivity index (χ0v) is 15.1. The Hall–Kier alpha value is -1.04. The quantitative estimate of drug-likeness (QED) is 0.126. The molecular formula is C6H5F3KO13P. The van der Waals surface area contributed by atoms with E-state index in [1.54, 1.807) is 0 Å². The van der Waals surface area contributed by atoms with Crippen LogP contribution in [-0.4, -0.2) is 61.1 Å². The zero-order valence-electron chi connectivity index (χ0n) is 11.1. The fourth-order valence-corrected chi connectivity index (χ4v) is 0. The zero-order chi connectivity index (χ0) is 20.0. The van der Waals surface area contributed by atoms with Gasteiger partial charge < -0.3 is 30.0 Å². The fraction of sp³-hybridized carbons (Fsp3) is 0. The minimum atomic E-state index is -4.89. The third-order valence-corrected chi connectivity index (χ3v) is 0.504. The molecule has 13 nitrogen and oxygen atoms in total.